The number of benzene rings is 1. The first-order valence-electron chi connectivity index (χ1n) is 5.49. The maximum Gasteiger partial charge on any atom is 0.321 e. The lowest BCUT2D eigenvalue weighted by Gasteiger charge is -2.13. The number of carboxylic acids is 1. The normalized spacial score (nSPS) is 12.9. The molecule has 0 saturated carbocycles. The third-order valence-corrected chi connectivity index (χ3v) is 4.23. The van der Waals surface area contributed by atoms with Gasteiger partial charge in [-0.1, -0.05) is 11.6 Å². The molecule has 0 unspecified atom stereocenters. The van der Waals surface area contributed by atoms with Crippen molar-refractivity contribution in [3.8, 4) is 0 Å². The van der Waals surface area contributed by atoms with Gasteiger partial charge in [-0.05, 0) is 18.6 Å². The van der Waals surface area contributed by atoms with Crippen LogP contribution in [-0.2, 0) is 14.8 Å². The zero-order valence-electron chi connectivity index (χ0n) is 10.4. The average Bonchev–Trinajstić information content (AvgIpc) is 2.37. The number of nitrogens with zero attached hydrogens (tertiary/aromatic N) is 1. The highest BCUT2D eigenvalue weighted by molar-refractivity contribution is 7.89. The Balaban J connectivity index is 3.16. The molecular formula is C10H11ClN2O7S. The topological polar surface area (TPSA) is 147 Å². The average molecular weight is 339 g/mol. The van der Waals surface area contributed by atoms with E-state index in [1.165, 1.54) is 0 Å². The van der Waals surface area contributed by atoms with Gasteiger partial charge in [0.15, 0.2) is 0 Å². The maximum atomic E-state index is 12.0. The van der Waals surface area contributed by atoms with Gasteiger partial charge in [0.2, 0.25) is 10.0 Å². The van der Waals surface area contributed by atoms with Crippen molar-refractivity contribution in [3.05, 3.63) is 33.3 Å². The van der Waals surface area contributed by atoms with E-state index in [-0.39, 0.29) is 11.4 Å². The van der Waals surface area contributed by atoms with Crippen LogP contribution in [0.4, 0.5) is 5.69 Å². The number of carboxylic acid groups (broad SMARTS) is 1. The van der Waals surface area contributed by atoms with Crippen LogP contribution in [0.3, 0.4) is 0 Å². The summed E-state index contributed by atoms with van der Waals surface area (Å²) in [4.78, 5) is 20.2. The first kappa shape index (κ1) is 17.3. The molecule has 1 atom stereocenters. The molecule has 0 heterocycles. The summed E-state index contributed by atoms with van der Waals surface area (Å²) in [5.41, 5.74) is -0.617. The summed E-state index contributed by atoms with van der Waals surface area (Å²) in [6.07, 6.45) is -0.343. The lowest BCUT2D eigenvalue weighted by molar-refractivity contribution is -0.384. The highest BCUT2D eigenvalue weighted by Gasteiger charge is 2.27. The Kier molecular flexibility index (Phi) is 5.61. The smallest absolute Gasteiger partial charge is 0.321 e. The van der Waals surface area contributed by atoms with Crippen LogP contribution < -0.4 is 4.72 Å². The Morgan fingerprint density at radius 2 is 2.10 bits per heavy atom. The molecule has 0 aromatic heterocycles. The molecule has 1 aromatic rings. The number of hydrogen-bond donors (Lipinski definition) is 3. The van der Waals surface area contributed by atoms with Crippen molar-refractivity contribution in [3.63, 3.8) is 0 Å². The first-order chi connectivity index (χ1) is 9.69. The number of nitro benzene ring substituents is 1. The molecule has 1 aromatic carbocycles. The molecule has 9 nitrogen and oxygen atoms in total. The van der Waals surface area contributed by atoms with Gasteiger partial charge in [0.1, 0.15) is 11.1 Å². The largest absolute Gasteiger partial charge is 0.480 e. The number of nitrogens with one attached hydrogen (secondary N) is 1. The number of sulfonamides is 1. The second kappa shape index (κ2) is 6.80. The summed E-state index contributed by atoms with van der Waals surface area (Å²) in [5.74, 6) is -1.48. The summed E-state index contributed by atoms with van der Waals surface area (Å²) in [6.45, 7) is -0.541. The van der Waals surface area contributed by atoms with E-state index in [4.69, 9.17) is 21.8 Å². The zero-order valence-corrected chi connectivity index (χ0v) is 12.0. The molecule has 116 valence electrons. The lowest BCUT2D eigenvalue weighted by Crippen LogP contribution is -2.41. The Morgan fingerprint density at radius 3 is 2.57 bits per heavy atom. The summed E-state index contributed by atoms with van der Waals surface area (Å²) >= 11 is 5.56. The Morgan fingerprint density at radius 1 is 1.48 bits per heavy atom. The van der Waals surface area contributed by atoms with Crippen LogP contribution in [0.15, 0.2) is 23.1 Å². The van der Waals surface area contributed by atoms with Gasteiger partial charge in [0.25, 0.3) is 5.69 Å². The van der Waals surface area contributed by atoms with Gasteiger partial charge in [0.05, 0.1) is 9.82 Å². The summed E-state index contributed by atoms with van der Waals surface area (Å²) in [6, 6.07) is 1.21. The number of aliphatic hydroxyl groups excluding tert-OH is 1. The molecule has 21 heavy (non-hydrogen) atoms. The first-order valence-corrected chi connectivity index (χ1v) is 7.35. The van der Waals surface area contributed by atoms with E-state index in [1.54, 1.807) is 0 Å². The van der Waals surface area contributed by atoms with E-state index in [1.807, 2.05) is 4.72 Å². The number of carbonyl (C=O) groups is 1. The van der Waals surface area contributed by atoms with Crippen molar-refractivity contribution < 1.29 is 28.3 Å². The number of aliphatic carboxylic acids is 1. The predicted molar refractivity (Wildman–Crippen MR) is 71.6 cm³/mol. The number of aliphatic hydroxyl groups is 1. The molecule has 0 aliphatic rings. The van der Waals surface area contributed by atoms with Crippen molar-refractivity contribution in [2.45, 2.75) is 17.4 Å². The molecule has 0 amide bonds. The maximum absolute atomic E-state index is 12.0. The van der Waals surface area contributed by atoms with Crippen molar-refractivity contribution >= 4 is 33.3 Å². The minimum Gasteiger partial charge on any atom is -0.480 e. The fourth-order valence-corrected chi connectivity index (χ4v) is 2.85. The molecule has 11 heteroatoms. The van der Waals surface area contributed by atoms with E-state index in [2.05, 4.69) is 0 Å². The summed E-state index contributed by atoms with van der Waals surface area (Å²) < 4.78 is 25.8. The number of halogens is 1. The molecule has 0 fully saturated rings. The SMILES string of the molecule is O=C(O)[C@@H](CCO)NS(=O)(=O)c1ccc(Cl)c([N+](=O)[O-])c1. The number of rotatable bonds is 7. The molecular weight excluding hydrogens is 328 g/mol. The molecule has 0 saturated heterocycles. The quantitative estimate of drug-likeness (QED) is 0.480. The van der Waals surface area contributed by atoms with Crippen LogP contribution in [0.1, 0.15) is 6.42 Å². The standard InChI is InChI=1S/C10H11ClN2O7S/c11-7-2-1-6(5-9(7)13(17)18)21(19,20)12-8(3-4-14)10(15)16/h1-2,5,8,12,14H,3-4H2,(H,15,16)/t8-/m1/s1. The van der Waals surface area contributed by atoms with Crippen LogP contribution in [0.25, 0.3) is 0 Å². The molecule has 0 bridgehead atoms. The van der Waals surface area contributed by atoms with Crippen LogP contribution in [0.5, 0.6) is 0 Å². The number of hydrogen-bond acceptors (Lipinski definition) is 6. The molecule has 0 aliphatic carbocycles. The van der Waals surface area contributed by atoms with Crippen LogP contribution in [0, 0.1) is 10.1 Å². The third kappa shape index (κ3) is 4.36. The highest BCUT2D eigenvalue weighted by Crippen LogP contribution is 2.27. The second-order valence-electron chi connectivity index (χ2n) is 3.89. The van der Waals surface area contributed by atoms with Crippen molar-refractivity contribution in [2.75, 3.05) is 6.61 Å². The minimum absolute atomic E-state index is 0.246. The third-order valence-electron chi connectivity index (χ3n) is 2.44. The second-order valence-corrected chi connectivity index (χ2v) is 6.02. The van der Waals surface area contributed by atoms with E-state index < -0.39 is 44.1 Å². The molecule has 0 radical (unpaired) electrons. The van der Waals surface area contributed by atoms with Gasteiger partial charge < -0.3 is 10.2 Å². The molecule has 0 spiro atoms. The van der Waals surface area contributed by atoms with Crippen molar-refractivity contribution in [2.24, 2.45) is 0 Å². The van der Waals surface area contributed by atoms with E-state index >= 15 is 0 Å². The molecule has 1 rings (SSSR count). The Hall–Kier alpha value is -1.75. The van der Waals surface area contributed by atoms with Gasteiger partial charge in [-0.25, -0.2) is 8.42 Å². The zero-order chi connectivity index (χ0) is 16.2. The summed E-state index contributed by atoms with van der Waals surface area (Å²) in [7, 11) is -4.30. The van der Waals surface area contributed by atoms with Crippen LogP contribution >= 0.6 is 11.6 Å². The highest BCUT2D eigenvalue weighted by atomic mass is 35.5. The minimum atomic E-state index is -4.30. The fourth-order valence-electron chi connectivity index (χ4n) is 1.42. The number of nitro groups is 1. The van der Waals surface area contributed by atoms with Crippen LogP contribution in [0.2, 0.25) is 5.02 Å². The Bertz CT molecular complexity index is 661. The van der Waals surface area contributed by atoms with Crippen LogP contribution in [-0.4, -0.2) is 42.2 Å². The summed E-state index contributed by atoms with van der Waals surface area (Å²) in [5, 5.41) is 28.0. The van der Waals surface area contributed by atoms with E-state index in [9.17, 15) is 23.3 Å². The fraction of sp³-hybridized carbons (Fsp3) is 0.300. The molecule has 3 N–H and O–H groups in total. The monoisotopic (exact) mass is 338 g/mol. The van der Waals surface area contributed by atoms with Gasteiger partial charge in [-0.15, -0.1) is 0 Å². The molecule has 0 aliphatic heterocycles. The van der Waals surface area contributed by atoms with Gasteiger partial charge >= 0.3 is 5.97 Å². The van der Waals surface area contributed by atoms with Crippen molar-refractivity contribution in [1.29, 1.82) is 0 Å². The van der Waals surface area contributed by atoms with E-state index in [0.717, 1.165) is 18.2 Å². The Labute approximate surface area is 124 Å². The van der Waals surface area contributed by atoms with E-state index in [0.29, 0.717) is 0 Å². The van der Waals surface area contributed by atoms with Crippen molar-refractivity contribution in [1.82, 2.24) is 4.72 Å². The van der Waals surface area contributed by atoms with Gasteiger partial charge in [0, 0.05) is 12.7 Å². The van der Waals surface area contributed by atoms with Gasteiger partial charge in [-0.3, -0.25) is 14.9 Å². The predicted octanol–water partition coefficient (Wildman–Crippen LogP) is 0.362. The lowest BCUT2D eigenvalue weighted by atomic mass is 10.2. The van der Waals surface area contributed by atoms with Gasteiger partial charge in [-0.2, -0.15) is 4.72 Å².